The average Bonchev–Trinajstić information content (AvgIpc) is 2.29. The largest absolute Gasteiger partial charge is 0.330 e. The van der Waals surface area contributed by atoms with Crippen molar-refractivity contribution in [2.45, 2.75) is 29.9 Å². The molecule has 0 atom stereocenters. The number of thioether (sulfide) groups is 2. The lowest BCUT2D eigenvalue weighted by atomic mass is 10.2. The van der Waals surface area contributed by atoms with E-state index in [0.717, 1.165) is 24.4 Å². The Balaban J connectivity index is 2.21. The summed E-state index contributed by atoms with van der Waals surface area (Å²) < 4.78 is 0.0770. The number of nitrogens with zero attached hydrogens (tertiary/aromatic N) is 1. The standard InChI is InChI=1S/C13H18N2S2/c1-13(2)12(16-9-5-8-14)15-10-6-3-4-7-11(10)17-13/h3-4,6-7H,5,8-9,14H2,1-2H3. The minimum atomic E-state index is 0.0770. The molecule has 0 amide bonds. The molecule has 1 aliphatic heterocycles. The van der Waals surface area contributed by atoms with E-state index in [0.29, 0.717) is 0 Å². The summed E-state index contributed by atoms with van der Waals surface area (Å²) in [5.41, 5.74) is 6.63. The van der Waals surface area contributed by atoms with Crippen molar-refractivity contribution in [1.82, 2.24) is 0 Å². The quantitative estimate of drug-likeness (QED) is 0.848. The number of fused-ring (bicyclic) bond motifs is 1. The predicted molar refractivity (Wildman–Crippen MR) is 79.6 cm³/mol. The van der Waals surface area contributed by atoms with Crippen molar-refractivity contribution < 1.29 is 0 Å². The second kappa shape index (κ2) is 5.46. The van der Waals surface area contributed by atoms with Gasteiger partial charge in [-0.15, -0.1) is 23.5 Å². The van der Waals surface area contributed by atoms with Gasteiger partial charge >= 0.3 is 0 Å². The topological polar surface area (TPSA) is 38.4 Å². The van der Waals surface area contributed by atoms with Crippen LogP contribution in [0.5, 0.6) is 0 Å². The lowest BCUT2D eigenvalue weighted by Crippen LogP contribution is -2.27. The first-order valence-corrected chi connectivity index (χ1v) is 7.64. The molecule has 92 valence electrons. The maximum Gasteiger partial charge on any atom is 0.0898 e. The molecule has 0 spiro atoms. The zero-order valence-corrected chi connectivity index (χ0v) is 11.9. The molecule has 2 rings (SSSR count). The van der Waals surface area contributed by atoms with E-state index in [2.05, 4.69) is 32.0 Å². The van der Waals surface area contributed by atoms with Gasteiger partial charge in [-0.1, -0.05) is 12.1 Å². The van der Waals surface area contributed by atoms with Gasteiger partial charge in [0.1, 0.15) is 0 Å². The SMILES string of the molecule is CC1(C)Sc2ccccc2N=C1SCCCN. The van der Waals surface area contributed by atoms with Crippen LogP contribution in [-0.2, 0) is 0 Å². The van der Waals surface area contributed by atoms with Crippen molar-refractivity contribution in [3.63, 3.8) is 0 Å². The van der Waals surface area contributed by atoms with Gasteiger partial charge in [0.25, 0.3) is 0 Å². The highest BCUT2D eigenvalue weighted by Crippen LogP contribution is 2.46. The van der Waals surface area contributed by atoms with Gasteiger partial charge in [-0.05, 0) is 38.9 Å². The Bertz CT molecular complexity index is 427. The first-order valence-electron chi connectivity index (χ1n) is 5.83. The highest BCUT2D eigenvalue weighted by atomic mass is 32.2. The van der Waals surface area contributed by atoms with Crippen molar-refractivity contribution in [3.8, 4) is 0 Å². The molecule has 0 saturated heterocycles. The summed E-state index contributed by atoms with van der Waals surface area (Å²) in [6.07, 6.45) is 1.05. The molecular weight excluding hydrogens is 248 g/mol. The molecule has 0 radical (unpaired) electrons. The summed E-state index contributed by atoms with van der Waals surface area (Å²) >= 11 is 3.74. The number of rotatable bonds is 3. The molecule has 0 unspecified atom stereocenters. The van der Waals surface area contributed by atoms with Crippen molar-refractivity contribution in [2.75, 3.05) is 12.3 Å². The maximum absolute atomic E-state index is 5.53. The summed E-state index contributed by atoms with van der Waals surface area (Å²) in [6, 6.07) is 8.35. The second-order valence-electron chi connectivity index (χ2n) is 4.49. The Morgan fingerprint density at radius 2 is 2.12 bits per heavy atom. The van der Waals surface area contributed by atoms with Gasteiger partial charge in [-0.3, -0.25) is 0 Å². The average molecular weight is 266 g/mol. The van der Waals surface area contributed by atoms with E-state index in [1.54, 1.807) is 0 Å². The van der Waals surface area contributed by atoms with Crippen LogP contribution in [0.4, 0.5) is 5.69 Å². The van der Waals surface area contributed by atoms with E-state index in [4.69, 9.17) is 10.7 Å². The Kier molecular flexibility index (Phi) is 4.17. The summed E-state index contributed by atoms with van der Waals surface area (Å²) in [6.45, 7) is 5.23. The molecule has 0 aromatic heterocycles. The number of hydrogen-bond donors (Lipinski definition) is 1. The molecule has 0 fully saturated rings. The molecular formula is C13H18N2S2. The summed E-state index contributed by atoms with van der Waals surface area (Å²) in [4.78, 5) is 6.07. The van der Waals surface area contributed by atoms with Crippen LogP contribution in [0, 0.1) is 0 Å². The highest BCUT2D eigenvalue weighted by Gasteiger charge is 2.31. The van der Waals surface area contributed by atoms with E-state index >= 15 is 0 Å². The number of benzene rings is 1. The molecule has 17 heavy (non-hydrogen) atoms. The minimum Gasteiger partial charge on any atom is -0.330 e. The Labute approximate surface area is 111 Å². The van der Waals surface area contributed by atoms with Crippen LogP contribution in [0.25, 0.3) is 0 Å². The molecule has 1 aromatic rings. The normalized spacial score (nSPS) is 17.5. The monoisotopic (exact) mass is 266 g/mol. The fourth-order valence-corrected chi connectivity index (χ4v) is 4.02. The third kappa shape index (κ3) is 3.06. The predicted octanol–water partition coefficient (Wildman–Crippen LogP) is 3.68. The van der Waals surface area contributed by atoms with Crippen LogP contribution in [0.2, 0.25) is 0 Å². The van der Waals surface area contributed by atoms with Crippen LogP contribution in [0.3, 0.4) is 0 Å². The molecule has 0 aliphatic carbocycles. The fourth-order valence-electron chi connectivity index (χ4n) is 1.66. The Hall–Kier alpha value is -0.450. The van der Waals surface area contributed by atoms with E-state index in [9.17, 15) is 0 Å². The molecule has 1 aliphatic rings. The van der Waals surface area contributed by atoms with Crippen molar-refractivity contribution in [3.05, 3.63) is 24.3 Å². The lowest BCUT2D eigenvalue weighted by molar-refractivity contribution is 0.938. The van der Waals surface area contributed by atoms with Crippen LogP contribution in [0.1, 0.15) is 20.3 Å². The number of nitrogens with two attached hydrogens (primary N) is 1. The number of aliphatic imine (C=N–C) groups is 1. The molecule has 1 heterocycles. The first-order chi connectivity index (χ1) is 8.13. The van der Waals surface area contributed by atoms with Crippen LogP contribution >= 0.6 is 23.5 Å². The van der Waals surface area contributed by atoms with Gasteiger partial charge in [-0.25, -0.2) is 4.99 Å². The Morgan fingerprint density at radius 1 is 1.35 bits per heavy atom. The van der Waals surface area contributed by atoms with Gasteiger partial charge in [0.05, 0.1) is 15.5 Å². The number of hydrogen-bond acceptors (Lipinski definition) is 4. The van der Waals surface area contributed by atoms with Crippen molar-refractivity contribution in [2.24, 2.45) is 10.7 Å². The molecule has 1 aromatic carbocycles. The molecule has 0 saturated carbocycles. The van der Waals surface area contributed by atoms with Crippen LogP contribution in [0.15, 0.2) is 34.2 Å². The van der Waals surface area contributed by atoms with E-state index in [1.165, 1.54) is 9.94 Å². The molecule has 0 bridgehead atoms. The minimum absolute atomic E-state index is 0.0770. The highest BCUT2D eigenvalue weighted by molar-refractivity contribution is 8.16. The zero-order chi connectivity index (χ0) is 12.3. The van der Waals surface area contributed by atoms with Crippen molar-refractivity contribution >= 4 is 34.3 Å². The number of para-hydroxylation sites is 1. The third-order valence-electron chi connectivity index (χ3n) is 2.55. The van der Waals surface area contributed by atoms with E-state index in [-0.39, 0.29) is 4.75 Å². The van der Waals surface area contributed by atoms with Crippen molar-refractivity contribution in [1.29, 1.82) is 0 Å². The Morgan fingerprint density at radius 3 is 2.88 bits per heavy atom. The van der Waals surface area contributed by atoms with Gasteiger partial charge in [0.2, 0.25) is 0 Å². The van der Waals surface area contributed by atoms with Gasteiger partial charge < -0.3 is 5.73 Å². The van der Waals surface area contributed by atoms with Gasteiger partial charge in [0, 0.05) is 10.6 Å². The summed E-state index contributed by atoms with van der Waals surface area (Å²) in [5, 5.41) is 1.22. The third-order valence-corrected chi connectivity index (χ3v) is 5.32. The first kappa shape index (κ1) is 13.0. The molecule has 2 nitrogen and oxygen atoms in total. The maximum atomic E-state index is 5.53. The van der Waals surface area contributed by atoms with Gasteiger partial charge in [-0.2, -0.15) is 0 Å². The van der Waals surface area contributed by atoms with E-state index in [1.807, 2.05) is 29.6 Å². The smallest absolute Gasteiger partial charge is 0.0898 e. The zero-order valence-electron chi connectivity index (χ0n) is 10.3. The fraction of sp³-hybridized carbons (Fsp3) is 0.462. The van der Waals surface area contributed by atoms with E-state index < -0.39 is 0 Å². The van der Waals surface area contributed by atoms with Crippen LogP contribution in [-0.4, -0.2) is 22.1 Å². The molecule has 2 N–H and O–H groups in total. The molecule has 4 heteroatoms. The second-order valence-corrected chi connectivity index (χ2v) is 7.24. The summed E-state index contributed by atoms with van der Waals surface area (Å²) in [5.74, 6) is 1.06. The van der Waals surface area contributed by atoms with Crippen LogP contribution < -0.4 is 5.73 Å². The van der Waals surface area contributed by atoms with Gasteiger partial charge in [0.15, 0.2) is 0 Å². The summed E-state index contributed by atoms with van der Waals surface area (Å²) in [7, 11) is 0. The lowest BCUT2D eigenvalue weighted by Gasteiger charge is -2.30.